The van der Waals surface area contributed by atoms with E-state index in [1.54, 1.807) is 18.2 Å². The van der Waals surface area contributed by atoms with Gasteiger partial charge in [0.2, 0.25) is 0 Å². The summed E-state index contributed by atoms with van der Waals surface area (Å²) >= 11 is 9.26. The van der Waals surface area contributed by atoms with Gasteiger partial charge in [-0.3, -0.25) is 0 Å². The van der Waals surface area contributed by atoms with Crippen molar-refractivity contribution in [2.75, 3.05) is 11.1 Å². The topological polar surface area (TPSA) is 34.1 Å². The maximum absolute atomic E-state index is 12.3. The summed E-state index contributed by atoms with van der Waals surface area (Å²) in [6.07, 6.45) is 3.09. The first-order chi connectivity index (χ1) is 7.97. The Bertz CT molecular complexity index is 503. The molecule has 17 heavy (non-hydrogen) atoms. The van der Waals surface area contributed by atoms with E-state index in [4.69, 9.17) is 11.6 Å². The van der Waals surface area contributed by atoms with Gasteiger partial charge in [0.1, 0.15) is 0 Å². The SMILES string of the molecule is O=S(=O)(CC1(CBr)CCC1)c1cccc(Cl)c1. The third-order valence-electron chi connectivity index (χ3n) is 3.35. The first-order valence-electron chi connectivity index (χ1n) is 5.52. The van der Waals surface area contributed by atoms with Crippen LogP contribution in [0.1, 0.15) is 19.3 Å². The van der Waals surface area contributed by atoms with Gasteiger partial charge >= 0.3 is 0 Å². The number of rotatable bonds is 4. The molecular weight excluding hydrogens is 324 g/mol. The molecule has 2 rings (SSSR count). The minimum Gasteiger partial charge on any atom is -0.224 e. The zero-order valence-electron chi connectivity index (χ0n) is 9.33. The van der Waals surface area contributed by atoms with E-state index in [0.29, 0.717) is 9.92 Å². The molecule has 0 unspecified atom stereocenters. The Morgan fingerprint density at radius 3 is 2.53 bits per heavy atom. The van der Waals surface area contributed by atoms with Crippen molar-refractivity contribution in [3.8, 4) is 0 Å². The summed E-state index contributed by atoms with van der Waals surface area (Å²) in [6.45, 7) is 0. The molecule has 94 valence electrons. The van der Waals surface area contributed by atoms with Crippen molar-refractivity contribution in [3.05, 3.63) is 29.3 Å². The van der Waals surface area contributed by atoms with Gasteiger partial charge in [0, 0.05) is 10.4 Å². The van der Waals surface area contributed by atoms with Crippen LogP contribution in [-0.2, 0) is 9.84 Å². The summed E-state index contributed by atoms with van der Waals surface area (Å²) in [5.41, 5.74) is -0.0683. The molecular formula is C12H14BrClO2S. The quantitative estimate of drug-likeness (QED) is 0.785. The monoisotopic (exact) mass is 336 g/mol. The molecule has 1 aliphatic carbocycles. The average Bonchev–Trinajstić information content (AvgIpc) is 2.24. The van der Waals surface area contributed by atoms with Crippen LogP contribution in [0.25, 0.3) is 0 Å². The molecule has 1 saturated carbocycles. The van der Waals surface area contributed by atoms with E-state index >= 15 is 0 Å². The summed E-state index contributed by atoms with van der Waals surface area (Å²) in [5, 5.41) is 1.22. The molecule has 5 heteroatoms. The van der Waals surface area contributed by atoms with E-state index in [1.807, 2.05) is 0 Å². The molecule has 2 nitrogen and oxygen atoms in total. The summed E-state index contributed by atoms with van der Waals surface area (Å²) in [6, 6.07) is 6.50. The first kappa shape index (κ1) is 13.4. The van der Waals surface area contributed by atoms with Gasteiger partial charge in [-0.1, -0.05) is 40.0 Å². The van der Waals surface area contributed by atoms with E-state index in [1.165, 1.54) is 6.07 Å². The Kier molecular flexibility index (Phi) is 3.86. The highest BCUT2D eigenvalue weighted by Crippen LogP contribution is 2.44. The van der Waals surface area contributed by atoms with Gasteiger partial charge in [-0.2, -0.15) is 0 Å². The van der Waals surface area contributed by atoms with Gasteiger partial charge in [-0.25, -0.2) is 8.42 Å². The second-order valence-electron chi connectivity index (χ2n) is 4.70. The Hall–Kier alpha value is -0.0600. The number of benzene rings is 1. The fraction of sp³-hybridized carbons (Fsp3) is 0.500. The van der Waals surface area contributed by atoms with Gasteiger partial charge in [-0.15, -0.1) is 0 Å². The molecule has 1 aliphatic rings. The average molecular weight is 338 g/mol. The largest absolute Gasteiger partial charge is 0.224 e. The number of sulfone groups is 1. The fourth-order valence-electron chi connectivity index (χ4n) is 2.14. The standard InChI is InChI=1S/C12H14BrClO2S/c13-8-12(5-2-6-12)9-17(15,16)11-4-1-3-10(14)7-11/h1,3-4,7H,2,5-6,8-9H2. The number of hydrogen-bond donors (Lipinski definition) is 0. The molecule has 0 aromatic heterocycles. The molecule has 0 bridgehead atoms. The third kappa shape index (κ3) is 2.85. The Morgan fingerprint density at radius 1 is 1.35 bits per heavy atom. The van der Waals surface area contributed by atoms with Gasteiger partial charge in [0.15, 0.2) is 9.84 Å². The van der Waals surface area contributed by atoms with Crippen molar-refractivity contribution in [2.24, 2.45) is 5.41 Å². The molecule has 0 amide bonds. The van der Waals surface area contributed by atoms with E-state index in [-0.39, 0.29) is 11.2 Å². The second kappa shape index (κ2) is 4.90. The fourth-order valence-corrected chi connectivity index (χ4v) is 5.37. The van der Waals surface area contributed by atoms with Crippen LogP contribution < -0.4 is 0 Å². The third-order valence-corrected chi connectivity index (χ3v) is 6.74. The highest BCUT2D eigenvalue weighted by atomic mass is 79.9. The molecule has 1 aromatic rings. The number of alkyl halides is 1. The van der Waals surface area contributed by atoms with Crippen molar-refractivity contribution >= 4 is 37.4 Å². The van der Waals surface area contributed by atoms with Crippen molar-refractivity contribution in [1.82, 2.24) is 0 Å². The number of halogens is 2. The van der Waals surface area contributed by atoms with E-state index in [0.717, 1.165) is 24.6 Å². The zero-order chi connectivity index (χ0) is 12.5. The Morgan fingerprint density at radius 2 is 2.06 bits per heavy atom. The van der Waals surface area contributed by atoms with Crippen LogP contribution in [0, 0.1) is 5.41 Å². The van der Waals surface area contributed by atoms with Crippen molar-refractivity contribution < 1.29 is 8.42 Å². The summed E-state index contributed by atoms with van der Waals surface area (Å²) < 4.78 is 24.5. The van der Waals surface area contributed by atoms with Crippen LogP contribution in [0.3, 0.4) is 0 Å². The lowest BCUT2D eigenvalue weighted by molar-refractivity contribution is 0.203. The lowest BCUT2D eigenvalue weighted by Crippen LogP contribution is -2.38. The molecule has 0 radical (unpaired) electrons. The van der Waals surface area contributed by atoms with Crippen LogP contribution in [0.4, 0.5) is 0 Å². The van der Waals surface area contributed by atoms with Crippen molar-refractivity contribution in [1.29, 1.82) is 0 Å². The maximum atomic E-state index is 12.3. The predicted octanol–water partition coefficient (Wildman–Crippen LogP) is 3.68. The van der Waals surface area contributed by atoms with E-state index in [9.17, 15) is 8.42 Å². The summed E-state index contributed by atoms with van der Waals surface area (Å²) in [4.78, 5) is 0.331. The summed E-state index contributed by atoms with van der Waals surface area (Å²) in [7, 11) is -3.23. The minimum atomic E-state index is -3.23. The van der Waals surface area contributed by atoms with E-state index < -0.39 is 9.84 Å². The first-order valence-corrected chi connectivity index (χ1v) is 8.67. The van der Waals surface area contributed by atoms with Gasteiger partial charge in [0.25, 0.3) is 0 Å². The molecule has 0 spiro atoms. The van der Waals surface area contributed by atoms with Crippen LogP contribution >= 0.6 is 27.5 Å². The molecule has 0 saturated heterocycles. The Balaban J connectivity index is 2.25. The van der Waals surface area contributed by atoms with Crippen LogP contribution in [0.5, 0.6) is 0 Å². The Labute approximate surface area is 115 Å². The highest BCUT2D eigenvalue weighted by molar-refractivity contribution is 9.09. The molecule has 1 fully saturated rings. The lowest BCUT2D eigenvalue weighted by atomic mass is 9.72. The van der Waals surface area contributed by atoms with Crippen LogP contribution in [-0.4, -0.2) is 19.5 Å². The molecule has 0 atom stereocenters. The number of hydrogen-bond acceptors (Lipinski definition) is 2. The van der Waals surface area contributed by atoms with Gasteiger partial charge < -0.3 is 0 Å². The lowest BCUT2D eigenvalue weighted by Gasteiger charge is -2.40. The van der Waals surface area contributed by atoms with Gasteiger partial charge in [-0.05, 0) is 36.5 Å². The highest BCUT2D eigenvalue weighted by Gasteiger charge is 2.40. The van der Waals surface area contributed by atoms with Crippen LogP contribution in [0.2, 0.25) is 5.02 Å². The second-order valence-corrected chi connectivity index (χ2v) is 7.69. The zero-order valence-corrected chi connectivity index (χ0v) is 12.5. The molecule has 0 N–H and O–H groups in total. The minimum absolute atomic E-state index is 0.0683. The van der Waals surface area contributed by atoms with E-state index in [2.05, 4.69) is 15.9 Å². The smallest absolute Gasteiger partial charge is 0.179 e. The predicted molar refractivity (Wildman–Crippen MR) is 73.6 cm³/mol. The molecule has 0 aliphatic heterocycles. The van der Waals surface area contributed by atoms with Crippen molar-refractivity contribution in [2.45, 2.75) is 24.2 Å². The molecule has 1 aromatic carbocycles. The van der Waals surface area contributed by atoms with Crippen molar-refractivity contribution in [3.63, 3.8) is 0 Å². The molecule has 0 heterocycles. The van der Waals surface area contributed by atoms with Gasteiger partial charge in [0.05, 0.1) is 10.6 Å². The normalized spacial score (nSPS) is 18.7. The maximum Gasteiger partial charge on any atom is 0.179 e. The summed E-state index contributed by atoms with van der Waals surface area (Å²) in [5.74, 6) is 0.214. The van der Waals surface area contributed by atoms with Crippen LogP contribution in [0.15, 0.2) is 29.2 Å².